The van der Waals surface area contributed by atoms with Crippen LogP contribution in [0.5, 0.6) is 11.5 Å². The molecule has 1 atom stereocenters. The maximum absolute atomic E-state index is 9.72. The highest BCUT2D eigenvalue weighted by Crippen LogP contribution is 2.35. The number of phenols is 1. The van der Waals surface area contributed by atoms with Crippen LogP contribution in [0.25, 0.3) is 0 Å². The van der Waals surface area contributed by atoms with Crippen LogP contribution in [0.3, 0.4) is 0 Å². The highest BCUT2D eigenvalue weighted by Gasteiger charge is 2.15. The van der Waals surface area contributed by atoms with Crippen molar-refractivity contribution in [3.63, 3.8) is 0 Å². The lowest BCUT2D eigenvalue weighted by molar-refractivity contribution is 0.369. The van der Waals surface area contributed by atoms with Crippen molar-refractivity contribution in [3.8, 4) is 17.6 Å². The molecule has 0 spiro atoms. The fraction of sp³-hybridized carbons (Fsp3) is 0.300. The molecule has 0 aromatic heterocycles. The standard InChI is InChI=1S/C10H12N2O2/c1-6(12)9-7(5-11)3-4-8(14-2)10(9)13/h3-4,6,13H,12H2,1-2H3/t6-/m1/s1. The molecular weight excluding hydrogens is 180 g/mol. The minimum atomic E-state index is -0.403. The Hall–Kier alpha value is -1.73. The van der Waals surface area contributed by atoms with Crippen molar-refractivity contribution in [3.05, 3.63) is 23.3 Å². The highest BCUT2D eigenvalue weighted by molar-refractivity contribution is 5.55. The summed E-state index contributed by atoms with van der Waals surface area (Å²) in [5, 5.41) is 18.5. The average molecular weight is 192 g/mol. The molecule has 1 aromatic rings. The highest BCUT2D eigenvalue weighted by atomic mass is 16.5. The first-order chi connectivity index (χ1) is 6.61. The summed E-state index contributed by atoms with van der Waals surface area (Å²) in [6.45, 7) is 1.70. The van der Waals surface area contributed by atoms with Gasteiger partial charge in [0.25, 0.3) is 0 Å². The summed E-state index contributed by atoms with van der Waals surface area (Å²) in [6, 6.07) is 4.69. The third-order valence-corrected chi connectivity index (χ3v) is 1.98. The van der Waals surface area contributed by atoms with E-state index in [4.69, 9.17) is 15.7 Å². The van der Waals surface area contributed by atoms with Crippen LogP contribution >= 0.6 is 0 Å². The summed E-state index contributed by atoms with van der Waals surface area (Å²) >= 11 is 0. The van der Waals surface area contributed by atoms with E-state index in [-0.39, 0.29) is 5.75 Å². The maximum atomic E-state index is 9.72. The van der Waals surface area contributed by atoms with Gasteiger partial charge in [0.2, 0.25) is 0 Å². The van der Waals surface area contributed by atoms with Crippen molar-refractivity contribution >= 4 is 0 Å². The normalized spacial score (nSPS) is 11.9. The molecule has 0 aliphatic carbocycles. The number of rotatable bonds is 2. The Balaban J connectivity index is 3.41. The van der Waals surface area contributed by atoms with Crippen molar-refractivity contribution in [2.24, 2.45) is 5.73 Å². The molecule has 0 radical (unpaired) electrons. The van der Waals surface area contributed by atoms with Crippen LogP contribution in [0.15, 0.2) is 12.1 Å². The second-order valence-electron chi connectivity index (χ2n) is 2.98. The molecule has 4 nitrogen and oxygen atoms in total. The van der Waals surface area contributed by atoms with Gasteiger partial charge in [0.15, 0.2) is 11.5 Å². The quantitative estimate of drug-likeness (QED) is 0.740. The Morgan fingerprint density at radius 3 is 2.64 bits per heavy atom. The summed E-state index contributed by atoms with van der Waals surface area (Å²) in [4.78, 5) is 0. The molecule has 0 unspecified atom stereocenters. The molecule has 0 aliphatic rings. The van der Waals surface area contributed by atoms with E-state index in [0.29, 0.717) is 16.9 Å². The van der Waals surface area contributed by atoms with Gasteiger partial charge in [-0.1, -0.05) is 0 Å². The zero-order valence-corrected chi connectivity index (χ0v) is 8.11. The molecule has 0 fully saturated rings. The number of methoxy groups -OCH3 is 1. The summed E-state index contributed by atoms with van der Waals surface area (Å²) in [7, 11) is 1.45. The van der Waals surface area contributed by atoms with Gasteiger partial charge in [-0.2, -0.15) is 5.26 Å². The van der Waals surface area contributed by atoms with Crippen molar-refractivity contribution in [2.45, 2.75) is 13.0 Å². The van der Waals surface area contributed by atoms with Crippen LogP contribution in [-0.4, -0.2) is 12.2 Å². The van der Waals surface area contributed by atoms with Crippen LogP contribution < -0.4 is 10.5 Å². The summed E-state index contributed by atoms with van der Waals surface area (Å²) in [6.07, 6.45) is 0. The smallest absolute Gasteiger partial charge is 0.163 e. The molecule has 0 aliphatic heterocycles. The third-order valence-electron chi connectivity index (χ3n) is 1.98. The van der Waals surface area contributed by atoms with E-state index >= 15 is 0 Å². The minimum absolute atomic E-state index is 0.0541. The van der Waals surface area contributed by atoms with Gasteiger partial charge >= 0.3 is 0 Å². The van der Waals surface area contributed by atoms with Gasteiger partial charge in [-0.15, -0.1) is 0 Å². The van der Waals surface area contributed by atoms with Crippen molar-refractivity contribution < 1.29 is 9.84 Å². The predicted molar refractivity (Wildman–Crippen MR) is 52.0 cm³/mol. The van der Waals surface area contributed by atoms with Crippen molar-refractivity contribution in [1.29, 1.82) is 5.26 Å². The van der Waals surface area contributed by atoms with Gasteiger partial charge in [-0.05, 0) is 19.1 Å². The van der Waals surface area contributed by atoms with E-state index in [1.165, 1.54) is 7.11 Å². The molecule has 0 heterocycles. The summed E-state index contributed by atoms with van der Waals surface area (Å²) in [5.74, 6) is 0.276. The van der Waals surface area contributed by atoms with Gasteiger partial charge in [-0.25, -0.2) is 0 Å². The summed E-state index contributed by atoms with van der Waals surface area (Å²) < 4.78 is 4.92. The number of hydrogen-bond acceptors (Lipinski definition) is 4. The molecule has 14 heavy (non-hydrogen) atoms. The molecule has 0 saturated heterocycles. The first-order valence-corrected chi connectivity index (χ1v) is 4.17. The Bertz CT molecular complexity index is 380. The first kappa shape index (κ1) is 10.4. The molecule has 3 N–H and O–H groups in total. The Morgan fingerprint density at radius 2 is 2.21 bits per heavy atom. The van der Waals surface area contributed by atoms with Crippen molar-refractivity contribution in [2.75, 3.05) is 7.11 Å². The molecule has 4 heteroatoms. The summed E-state index contributed by atoms with van der Waals surface area (Å²) in [5.41, 5.74) is 6.44. The minimum Gasteiger partial charge on any atom is -0.504 e. The zero-order chi connectivity index (χ0) is 10.7. The fourth-order valence-electron chi connectivity index (χ4n) is 1.31. The Kier molecular flexibility index (Phi) is 2.95. The van der Waals surface area contributed by atoms with Crippen LogP contribution in [0.2, 0.25) is 0 Å². The lowest BCUT2D eigenvalue weighted by Crippen LogP contribution is -2.08. The van der Waals surface area contributed by atoms with Crippen molar-refractivity contribution in [1.82, 2.24) is 0 Å². The van der Waals surface area contributed by atoms with Gasteiger partial charge in [0, 0.05) is 11.6 Å². The molecule has 0 amide bonds. The number of ether oxygens (including phenoxy) is 1. The van der Waals surface area contributed by atoms with Crippen LogP contribution in [0, 0.1) is 11.3 Å². The van der Waals surface area contributed by atoms with E-state index in [0.717, 1.165) is 0 Å². The molecule has 0 bridgehead atoms. The number of nitrogens with zero attached hydrogens (tertiary/aromatic N) is 1. The van der Waals surface area contributed by atoms with Gasteiger partial charge in [0.05, 0.1) is 18.7 Å². The van der Waals surface area contributed by atoms with Crippen LogP contribution in [0.1, 0.15) is 24.1 Å². The van der Waals surface area contributed by atoms with Gasteiger partial charge < -0.3 is 15.6 Å². The second-order valence-corrected chi connectivity index (χ2v) is 2.98. The van der Waals surface area contributed by atoms with E-state index in [1.54, 1.807) is 19.1 Å². The topological polar surface area (TPSA) is 79.3 Å². The van der Waals surface area contributed by atoms with E-state index in [2.05, 4.69) is 0 Å². The largest absolute Gasteiger partial charge is 0.504 e. The number of phenolic OH excluding ortho intramolecular Hbond substituents is 1. The van der Waals surface area contributed by atoms with Crippen LogP contribution in [0.4, 0.5) is 0 Å². The van der Waals surface area contributed by atoms with E-state index in [9.17, 15) is 5.11 Å². The molecular formula is C10H12N2O2. The third kappa shape index (κ3) is 1.63. The number of nitriles is 1. The average Bonchev–Trinajstić information content (AvgIpc) is 2.16. The zero-order valence-electron chi connectivity index (χ0n) is 8.11. The number of aromatic hydroxyl groups is 1. The Labute approximate surface area is 82.5 Å². The Morgan fingerprint density at radius 1 is 1.57 bits per heavy atom. The lowest BCUT2D eigenvalue weighted by Gasteiger charge is -2.12. The first-order valence-electron chi connectivity index (χ1n) is 4.17. The number of nitrogens with two attached hydrogens (primary N) is 1. The van der Waals surface area contributed by atoms with Crippen LogP contribution in [-0.2, 0) is 0 Å². The molecule has 0 saturated carbocycles. The molecule has 1 rings (SSSR count). The molecule has 74 valence electrons. The fourth-order valence-corrected chi connectivity index (χ4v) is 1.31. The SMILES string of the molecule is COc1ccc(C#N)c([C@@H](C)N)c1O. The molecule has 1 aromatic carbocycles. The van der Waals surface area contributed by atoms with Gasteiger partial charge in [-0.3, -0.25) is 0 Å². The van der Waals surface area contributed by atoms with Gasteiger partial charge in [0.1, 0.15) is 0 Å². The second kappa shape index (κ2) is 3.99. The van der Waals surface area contributed by atoms with E-state index < -0.39 is 6.04 Å². The number of hydrogen-bond donors (Lipinski definition) is 2. The predicted octanol–water partition coefficient (Wildman–Crippen LogP) is 1.29. The maximum Gasteiger partial charge on any atom is 0.163 e. The van der Waals surface area contributed by atoms with E-state index in [1.807, 2.05) is 6.07 Å². The number of benzene rings is 1. The lowest BCUT2D eigenvalue weighted by atomic mass is 10.0. The monoisotopic (exact) mass is 192 g/mol.